The van der Waals surface area contributed by atoms with Crippen LogP contribution < -0.4 is 5.32 Å². The minimum atomic E-state index is -0.512. The molecule has 0 radical (unpaired) electrons. The van der Waals surface area contributed by atoms with Crippen molar-refractivity contribution in [2.24, 2.45) is 0 Å². The molecule has 1 aromatic heterocycles. The predicted octanol–water partition coefficient (Wildman–Crippen LogP) is 4.17. The normalized spacial score (nSPS) is 19.7. The molecule has 0 bridgehead atoms. The van der Waals surface area contributed by atoms with Crippen molar-refractivity contribution in [3.8, 4) is 0 Å². The van der Waals surface area contributed by atoms with E-state index in [2.05, 4.69) is 28.8 Å². The molecule has 36 heavy (non-hydrogen) atoms. The fraction of sp³-hybridized carbons (Fsp3) is 0.310. The van der Waals surface area contributed by atoms with Gasteiger partial charge in [0, 0.05) is 44.0 Å². The van der Waals surface area contributed by atoms with E-state index in [9.17, 15) is 9.90 Å². The molecule has 3 atom stereocenters. The summed E-state index contributed by atoms with van der Waals surface area (Å²) in [6, 6.07) is 19.3. The summed E-state index contributed by atoms with van der Waals surface area (Å²) in [5.41, 5.74) is 4.36. The van der Waals surface area contributed by atoms with Crippen molar-refractivity contribution in [1.29, 1.82) is 0 Å². The molecule has 0 saturated carbocycles. The van der Waals surface area contributed by atoms with Gasteiger partial charge in [0.2, 0.25) is 0 Å². The molecule has 7 nitrogen and oxygen atoms in total. The first-order valence-electron chi connectivity index (χ1n) is 12.1. The lowest BCUT2D eigenvalue weighted by Crippen LogP contribution is -2.37. The van der Waals surface area contributed by atoms with Crippen LogP contribution in [-0.4, -0.2) is 47.1 Å². The van der Waals surface area contributed by atoms with Crippen LogP contribution in [0.3, 0.4) is 0 Å². The van der Waals surface area contributed by atoms with Gasteiger partial charge in [-0.1, -0.05) is 54.6 Å². The summed E-state index contributed by atoms with van der Waals surface area (Å²) in [7, 11) is 2.05. The smallest absolute Gasteiger partial charge is 0.253 e. The first kappa shape index (κ1) is 25.7. The summed E-state index contributed by atoms with van der Waals surface area (Å²) in [5.74, 6) is -0.160. The number of aliphatic hydroxyl groups is 1. The second kappa shape index (κ2) is 12.6. The van der Waals surface area contributed by atoms with Gasteiger partial charge in [-0.05, 0) is 35.9 Å². The Morgan fingerprint density at radius 3 is 2.50 bits per heavy atom. The van der Waals surface area contributed by atoms with Gasteiger partial charge >= 0.3 is 0 Å². The number of aliphatic hydroxyl groups excluding tert-OH is 1. The van der Waals surface area contributed by atoms with Gasteiger partial charge in [0.1, 0.15) is 0 Å². The van der Waals surface area contributed by atoms with E-state index in [1.165, 1.54) is 0 Å². The van der Waals surface area contributed by atoms with Crippen molar-refractivity contribution in [3.63, 3.8) is 0 Å². The van der Waals surface area contributed by atoms with Crippen molar-refractivity contribution in [3.05, 3.63) is 114 Å². The average molecular weight is 488 g/mol. The van der Waals surface area contributed by atoms with E-state index in [0.29, 0.717) is 12.1 Å². The Hall–Kier alpha value is -3.36. The standard InChI is InChI=1S/C29H33N3O4/c1-3-15-32(2)19-26-16-27(23-10-8-22(20-33)9-11-23)36-29(35-26)24-12-6-21(7-13-24)17-31-28(34)25-5-4-14-30-18-25/h3-14,18,26-27,29,33H,1,15-17,19-20H2,2H3,(H,31,34). The van der Waals surface area contributed by atoms with Crippen molar-refractivity contribution in [2.75, 3.05) is 20.1 Å². The maximum Gasteiger partial charge on any atom is 0.253 e. The second-order valence-electron chi connectivity index (χ2n) is 9.03. The number of carbonyl (C=O) groups excluding carboxylic acids is 1. The Morgan fingerprint density at radius 1 is 1.11 bits per heavy atom. The zero-order valence-electron chi connectivity index (χ0n) is 20.5. The quantitative estimate of drug-likeness (QED) is 0.418. The molecule has 1 aliphatic heterocycles. The van der Waals surface area contributed by atoms with Crippen LogP contribution >= 0.6 is 0 Å². The number of amides is 1. The van der Waals surface area contributed by atoms with E-state index in [1.807, 2.05) is 54.6 Å². The molecule has 0 aliphatic carbocycles. The van der Waals surface area contributed by atoms with E-state index in [4.69, 9.17) is 9.47 Å². The Bertz CT molecular complexity index is 1120. The fourth-order valence-electron chi connectivity index (χ4n) is 4.25. The maximum atomic E-state index is 12.3. The number of nitrogens with one attached hydrogen (secondary N) is 1. The highest BCUT2D eigenvalue weighted by Gasteiger charge is 2.32. The first-order chi connectivity index (χ1) is 17.6. The lowest BCUT2D eigenvalue weighted by atomic mass is 9.99. The maximum absolute atomic E-state index is 12.3. The van der Waals surface area contributed by atoms with Gasteiger partial charge in [0.05, 0.1) is 24.4 Å². The third-order valence-electron chi connectivity index (χ3n) is 6.20. The molecule has 7 heteroatoms. The van der Waals surface area contributed by atoms with Crippen LogP contribution in [0.15, 0.2) is 85.7 Å². The zero-order chi connectivity index (χ0) is 25.3. The number of ether oxygens (including phenoxy) is 2. The SMILES string of the molecule is C=CCN(C)CC1CC(c2ccc(CO)cc2)OC(c2ccc(CNC(=O)c3cccnc3)cc2)O1. The van der Waals surface area contributed by atoms with E-state index in [0.717, 1.165) is 41.8 Å². The highest BCUT2D eigenvalue weighted by atomic mass is 16.7. The number of carbonyl (C=O) groups is 1. The molecule has 4 rings (SSSR count). The molecule has 1 saturated heterocycles. The van der Waals surface area contributed by atoms with Gasteiger partial charge in [-0.15, -0.1) is 6.58 Å². The average Bonchev–Trinajstić information content (AvgIpc) is 2.92. The minimum Gasteiger partial charge on any atom is -0.392 e. The Kier molecular flexibility index (Phi) is 8.97. The summed E-state index contributed by atoms with van der Waals surface area (Å²) in [5, 5.41) is 12.3. The molecule has 1 aliphatic rings. The van der Waals surface area contributed by atoms with Gasteiger partial charge in [0.25, 0.3) is 5.91 Å². The molecule has 0 spiro atoms. The first-order valence-corrected chi connectivity index (χ1v) is 12.1. The van der Waals surface area contributed by atoms with Crippen molar-refractivity contribution >= 4 is 5.91 Å². The molecule has 2 heterocycles. The van der Waals surface area contributed by atoms with Crippen LogP contribution in [0, 0.1) is 0 Å². The van der Waals surface area contributed by atoms with E-state index in [-0.39, 0.29) is 24.7 Å². The van der Waals surface area contributed by atoms with Crippen molar-refractivity contribution in [2.45, 2.75) is 38.1 Å². The summed E-state index contributed by atoms with van der Waals surface area (Å²) in [6.07, 6.45) is 5.14. The largest absolute Gasteiger partial charge is 0.392 e. The fourth-order valence-corrected chi connectivity index (χ4v) is 4.25. The third kappa shape index (κ3) is 6.86. The van der Waals surface area contributed by atoms with Crippen LogP contribution in [0.25, 0.3) is 0 Å². The van der Waals surface area contributed by atoms with Gasteiger partial charge < -0.3 is 24.8 Å². The highest BCUT2D eigenvalue weighted by Crippen LogP contribution is 2.38. The second-order valence-corrected chi connectivity index (χ2v) is 9.03. The number of aromatic nitrogens is 1. The van der Waals surface area contributed by atoms with Crippen molar-refractivity contribution in [1.82, 2.24) is 15.2 Å². The molecule has 2 N–H and O–H groups in total. The summed E-state index contributed by atoms with van der Waals surface area (Å²) < 4.78 is 12.8. The van der Waals surface area contributed by atoms with Gasteiger partial charge in [0.15, 0.2) is 6.29 Å². The van der Waals surface area contributed by atoms with Crippen LogP contribution in [0.5, 0.6) is 0 Å². The monoisotopic (exact) mass is 487 g/mol. The van der Waals surface area contributed by atoms with Crippen LogP contribution in [0.4, 0.5) is 0 Å². The van der Waals surface area contributed by atoms with Crippen molar-refractivity contribution < 1.29 is 19.4 Å². The molecule has 188 valence electrons. The third-order valence-corrected chi connectivity index (χ3v) is 6.20. The minimum absolute atomic E-state index is 0.0154. The summed E-state index contributed by atoms with van der Waals surface area (Å²) >= 11 is 0. The molecule has 3 aromatic rings. The molecular formula is C29H33N3O4. The summed E-state index contributed by atoms with van der Waals surface area (Å²) in [6.45, 7) is 5.79. The summed E-state index contributed by atoms with van der Waals surface area (Å²) in [4.78, 5) is 18.5. The van der Waals surface area contributed by atoms with Crippen LogP contribution in [0.2, 0.25) is 0 Å². The number of likely N-dealkylation sites (N-methyl/N-ethyl adjacent to an activating group) is 1. The van der Waals surface area contributed by atoms with Crippen LogP contribution in [-0.2, 0) is 22.6 Å². The number of nitrogens with zero attached hydrogens (tertiary/aromatic N) is 2. The number of hydrogen-bond acceptors (Lipinski definition) is 6. The number of pyridine rings is 1. The topological polar surface area (TPSA) is 83.9 Å². The lowest BCUT2D eigenvalue weighted by molar-refractivity contribution is -0.252. The molecule has 3 unspecified atom stereocenters. The molecular weight excluding hydrogens is 454 g/mol. The Labute approximate surface area is 212 Å². The zero-order valence-corrected chi connectivity index (χ0v) is 20.5. The number of benzene rings is 2. The number of hydrogen-bond donors (Lipinski definition) is 2. The molecule has 1 fully saturated rings. The Balaban J connectivity index is 1.44. The van der Waals surface area contributed by atoms with E-state index < -0.39 is 6.29 Å². The highest BCUT2D eigenvalue weighted by molar-refractivity contribution is 5.93. The predicted molar refractivity (Wildman–Crippen MR) is 138 cm³/mol. The van der Waals surface area contributed by atoms with Crippen LogP contribution in [0.1, 0.15) is 51.4 Å². The molecule has 1 amide bonds. The van der Waals surface area contributed by atoms with E-state index >= 15 is 0 Å². The Morgan fingerprint density at radius 2 is 1.83 bits per heavy atom. The van der Waals surface area contributed by atoms with Gasteiger partial charge in [-0.25, -0.2) is 0 Å². The van der Waals surface area contributed by atoms with Gasteiger partial charge in [-0.3, -0.25) is 9.78 Å². The number of rotatable bonds is 10. The molecule has 2 aromatic carbocycles. The lowest BCUT2D eigenvalue weighted by Gasteiger charge is -2.37. The van der Waals surface area contributed by atoms with E-state index in [1.54, 1.807) is 24.5 Å². The van der Waals surface area contributed by atoms with Gasteiger partial charge in [-0.2, -0.15) is 0 Å².